The average molecular weight is 411 g/mol. The Morgan fingerprint density at radius 1 is 1.00 bits per heavy atom. The lowest BCUT2D eigenvalue weighted by Gasteiger charge is -2.34. The molecule has 0 spiro atoms. The molecule has 1 aliphatic heterocycles. The van der Waals surface area contributed by atoms with Crippen LogP contribution < -0.4 is 0 Å². The molecule has 1 N–H and O–H groups in total. The summed E-state index contributed by atoms with van der Waals surface area (Å²) in [6, 6.07) is 0. The first-order chi connectivity index (χ1) is 14.0. The van der Waals surface area contributed by atoms with Gasteiger partial charge in [-0.2, -0.15) is 0 Å². The third-order valence-electron chi connectivity index (χ3n) is 6.45. The van der Waals surface area contributed by atoms with E-state index in [4.69, 9.17) is 18.9 Å². The highest BCUT2D eigenvalue weighted by atomic mass is 16.6. The van der Waals surface area contributed by atoms with E-state index >= 15 is 0 Å². The molecule has 0 amide bonds. The maximum Gasteiger partial charge on any atom is 0.333 e. The first-order valence-electron chi connectivity index (χ1n) is 11.3. The maximum atomic E-state index is 11.3. The van der Waals surface area contributed by atoms with Crippen LogP contribution >= 0.6 is 0 Å². The van der Waals surface area contributed by atoms with Gasteiger partial charge < -0.3 is 24.1 Å². The Bertz CT molecular complexity index is 515. The van der Waals surface area contributed by atoms with E-state index in [2.05, 4.69) is 6.58 Å². The van der Waals surface area contributed by atoms with Gasteiger partial charge in [-0.1, -0.05) is 6.58 Å². The van der Waals surface area contributed by atoms with Crippen molar-refractivity contribution in [3.63, 3.8) is 0 Å². The van der Waals surface area contributed by atoms with Crippen molar-refractivity contribution in [3.05, 3.63) is 12.2 Å². The number of aliphatic hydroxyl groups excluding tert-OH is 1. The third-order valence-corrected chi connectivity index (χ3v) is 6.45. The third kappa shape index (κ3) is 8.36. The summed E-state index contributed by atoms with van der Waals surface area (Å²) in [4.78, 5) is 11.3. The van der Waals surface area contributed by atoms with Gasteiger partial charge in [0.15, 0.2) is 0 Å². The zero-order valence-electron chi connectivity index (χ0n) is 17.9. The number of carbonyl (C=O) groups is 1. The summed E-state index contributed by atoms with van der Waals surface area (Å²) in [6.45, 7) is 6.95. The summed E-state index contributed by atoms with van der Waals surface area (Å²) in [5.41, 5.74) is 0.338. The molecule has 0 radical (unpaired) electrons. The Labute approximate surface area is 174 Å². The number of ether oxygens (including phenoxy) is 4. The van der Waals surface area contributed by atoms with E-state index in [-0.39, 0.29) is 19.3 Å². The molecular weight excluding hydrogens is 372 g/mol. The fraction of sp³-hybridized carbons (Fsp3) is 0.870. The van der Waals surface area contributed by atoms with Gasteiger partial charge in [0.1, 0.15) is 18.8 Å². The Hall–Kier alpha value is -0.950. The fourth-order valence-corrected chi connectivity index (χ4v) is 4.54. The van der Waals surface area contributed by atoms with Crippen molar-refractivity contribution in [1.82, 2.24) is 0 Å². The molecule has 2 saturated carbocycles. The van der Waals surface area contributed by atoms with E-state index in [1.165, 1.54) is 44.9 Å². The van der Waals surface area contributed by atoms with Gasteiger partial charge in [-0.3, -0.25) is 0 Å². The molecule has 6 heteroatoms. The van der Waals surface area contributed by atoms with Gasteiger partial charge in [-0.25, -0.2) is 4.79 Å². The minimum Gasteiger partial charge on any atom is -0.460 e. The molecule has 1 saturated heterocycles. The zero-order chi connectivity index (χ0) is 20.6. The number of carbonyl (C=O) groups excluding carboxylic acids is 1. The fourth-order valence-electron chi connectivity index (χ4n) is 4.54. The number of hydrogen-bond acceptors (Lipinski definition) is 6. The minimum absolute atomic E-state index is 0.0406. The predicted molar refractivity (Wildman–Crippen MR) is 110 cm³/mol. The summed E-state index contributed by atoms with van der Waals surface area (Å²) in [5, 5.41) is 9.92. The van der Waals surface area contributed by atoms with Crippen LogP contribution in [0.4, 0.5) is 0 Å². The highest BCUT2D eigenvalue weighted by Crippen LogP contribution is 2.36. The van der Waals surface area contributed by atoms with Crippen molar-refractivity contribution >= 4 is 5.97 Å². The predicted octanol–water partition coefficient (Wildman–Crippen LogP) is 3.41. The molecule has 0 aromatic rings. The summed E-state index contributed by atoms with van der Waals surface area (Å²) in [5.74, 6) is 1.18. The van der Waals surface area contributed by atoms with E-state index in [0.29, 0.717) is 17.8 Å². The van der Waals surface area contributed by atoms with Crippen molar-refractivity contribution in [2.24, 2.45) is 11.8 Å². The van der Waals surface area contributed by atoms with Crippen LogP contribution in [0.25, 0.3) is 0 Å². The minimum atomic E-state index is -0.778. The summed E-state index contributed by atoms with van der Waals surface area (Å²) in [6.07, 6.45) is 11.1. The second-order valence-electron chi connectivity index (χ2n) is 9.18. The van der Waals surface area contributed by atoms with Crippen LogP contribution in [0.15, 0.2) is 12.2 Å². The molecule has 2 atom stereocenters. The number of epoxide rings is 1. The highest BCUT2D eigenvalue weighted by molar-refractivity contribution is 5.86. The highest BCUT2D eigenvalue weighted by Gasteiger charge is 2.29. The van der Waals surface area contributed by atoms with Gasteiger partial charge in [0.2, 0.25) is 0 Å². The summed E-state index contributed by atoms with van der Waals surface area (Å²) in [7, 11) is 0. The summed E-state index contributed by atoms with van der Waals surface area (Å²) < 4.78 is 22.0. The van der Waals surface area contributed by atoms with Gasteiger partial charge in [-0.05, 0) is 76.5 Å². The van der Waals surface area contributed by atoms with E-state index in [9.17, 15) is 9.90 Å². The lowest BCUT2D eigenvalue weighted by molar-refractivity contribution is -0.143. The van der Waals surface area contributed by atoms with Crippen LogP contribution in [-0.2, 0) is 23.7 Å². The van der Waals surface area contributed by atoms with Crippen LogP contribution in [0.2, 0.25) is 0 Å². The second kappa shape index (κ2) is 11.4. The molecule has 2 unspecified atom stereocenters. The standard InChI is InChI=1S/C23H38O6/c1-16(2)23(25)29-13-19(24)12-26-20-7-3-17(4-8-20)11-18-5-9-21(10-6-18)27-14-22-15-28-22/h17-22,24H,1,3-15H2,2H3. The molecule has 3 fully saturated rings. The quantitative estimate of drug-likeness (QED) is 0.320. The van der Waals surface area contributed by atoms with E-state index in [0.717, 1.165) is 37.9 Å². The Kier molecular flexibility index (Phi) is 8.97. The molecule has 2 aliphatic carbocycles. The molecule has 29 heavy (non-hydrogen) atoms. The van der Waals surface area contributed by atoms with Crippen LogP contribution in [-0.4, -0.2) is 61.9 Å². The molecule has 0 aromatic heterocycles. The van der Waals surface area contributed by atoms with Gasteiger partial charge in [0.05, 0.1) is 32.0 Å². The first kappa shape index (κ1) is 22.7. The van der Waals surface area contributed by atoms with Crippen molar-refractivity contribution in [2.45, 2.75) is 89.1 Å². The van der Waals surface area contributed by atoms with Gasteiger partial charge >= 0.3 is 5.97 Å². The monoisotopic (exact) mass is 410 g/mol. The summed E-state index contributed by atoms with van der Waals surface area (Å²) >= 11 is 0. The number of hydrogen-bond donors (Lipinski definition) is 1. The molecule has 166 valence electrons. The van der Waals surface area contributed by atoms with Crippen LogP contribution in [0.3, 0.4) is 0 Å². The Morgan fingerprint density at radius 3 is 2.07 bits per heavy atom. The zero-order valence-corrected chi connectivity index (χ0v) is 17.9. The number of aliphatic hydroxyl groups is 1. The normalized spacial score (nSPS) is 33.1. The van der Waals surface area contributed by atoms with Crippen LogP contribution in [0.1, 0.15) is 64.7 Å². The van der Waals surface area contributed by atoms with Gasteiger partial charge in [0, 0.05) is 5.57 Å². The molecule has 1 heterocycles. The lowest BCUT2D eigenvalue weighted by Crippen LogP contribution is -2.30. The second-order valence-corrected chi connectivity index (χ2v) is 9.18. The molecule has 0 bridgehead atoms. The topological polar surface area (TPSA) is 77.5 Å². The van der Waals surface area contributed by atoms with Crippen LogP contribution in [0.5, 0.6) is 0 Å². The van der Waals surface area contributed by atoms with Gasteiger partial charge in [0.25, 0.3) is 0 Å². The molecule has 3 rings (SSSR count). The van der Waals surface area contributed by atoms with Crippen molar-refractivity contribution in [1.29, 1.82) is 0 Å². The Morgan fingerprint density at radius 2 is 1.55 bits per heavy atom. The van der Waals surface area contributed by atoms with Crippen molar-refractivity contribution < 1.29 is 28.8 Å². The first-order valence-corrected chi connectivity index (χ1v) is 11.3. The molecule has 0 aromatic carbocycles. The van der Waals surface area contributed by atoms with E-state index < -0.39 is 12.1 Å². The maximum absolute atomic E-state index is 11.3. The van der Waals surface area contributed by atoms with Crippen molar-refractivity contribution in [2.75, 3.05) is 26.4 Å². The van der Waals surface area contributed by atoms with E-state index in [1.54, 1.807) is 6.92 Å². The smallest absolute Gasteiger partial charge is 0.333 e. The van der Waals surface area contributed by atoms with Crippen LogP contribution in [0, 0.1) is 11.8 Å². The average Bonchev–Trinajstić information content (AvgIpc) is 3.55. The lowest BCUT2D eigenvalue weighted by atomic mass is 9.76. The largest absolute Gasteiger partial charge is 0.460 e. The molecule has 3 aliphatic rings. The number of esters is 1. The SMILES string of the molecule is C=C(C)C(=O)OCC(O)COC1CCC(CC2CCC(OCC3CO3)CC2)CC1. The molecular formula is C23H38O6. The Balaban J connectivity index is 1.22. The molecule has 6 nitrogen and oxygen atoms in total. The van der Waals surface area contributed by atoms with E-state index in [1.807, 2.05) is 0 Å². The number of rotatable bonds is 11. The van der Waals surface area contributed by atoms with Crippen molar-refractivity contribution in [3.8, 4) is 0 Å². The van der Waals surface area contributed by atoms with Gasteiger partial charge in [-0.15, -0.1) is 0 Å².